The van der Waals surface area contributed by atoms with Crippen molar-refractivity contribution in [2.24, 2.45) is 0 Å². The number of ether oxygens (including phenoxy) is 2. The topological polar surface area (TPSA) is 101 Å². The lowest BCUT2D eigenvalue weighted by Crippen LogP contribution is -2.08. The molecule has 134 valence electrons. The molecule has 3 rings (SSSR count). The van der Waals surface area contributed by atoms with Crippen LogP contribution in [-0.2, 0) is 14.3 Å². The molecule has 0 bridgehead atoms. The second kappa shape index (κ2) is 7.26. The minimum absolute atomic E-state index is 0.236. The van der Waals surface area contributed by atoms with Crippen LogP contribution in [0.25, 0.3) is 27.9 Å². The van der Waals surface area contributed by atoms with E-state index < -0.39 is 11.9 Å². The number of H-pyrrole nitrogens is 2. The number of aromatic nitrogens is 2. The number of aromatic amines is 2. The molecule has 0 aliphatic rings. The summed E-state index contributed by atoms with van der Waals surface area (Å²) in [5.41, 5.74) is 1.59. The van der Waals surface area contributed by atoms with Crippen LogP contribution in [-0.4, -0.2) is 35.1 Å². The first-order chi connectivity index (χ1) is 12.5. The normalized spacial score (nSPS) is 11.3. The number of carbonyl (C=O) groups is 2. The third kappa shape index (κ3) is 3.23. The molecule has 0 saturated heterocycles. The van der Waals surface area contributed by atoms with Gasteiger partial charge >= 0.3 is 11.9 Å². The van der Waals surface area contributed by atoms with E-state index in [0.717, 1.165) is 5.56 Å². The number of carbonyl (C=O) groups excluding carboxylic acids is 2. The predicted octanol–water partition coefficient (Wildman–Crippen LogP) is 2.76. The van der Waals surface area contributed by atoms with E-state index in [1.165, 1.54) is 12.3 Å². The van der Waals surface area contributed by atoms with Crippen molar-refractivity contribution >= 4 is 39.8 Å². The summed E-state index contributed by atoms with van der Waals surface area (Å²) >= 11 is 0. The van der Waals surface area contributed by atoms with E-state index in [9.17, 15) is 14.4 Å². The van der Waals surface area contributed by atoms with Gasteiger partial charge < -0.3 is 19.4 Å². The zero-order chi connectivity index (χ0) is 18.7. The SMILES string of the molecule is CCOC(=O)C=Cc1ccc2[nH]c(=O)c3[nH]cc(C(=O)OCC)c3c2c1. The zero-order valence-corrected chi connectivity index (χ0v) is 14.4. The van der Waals surface area contributed by atoms with Gasteiger partial charge in [0.15, 0.2) is 0 Å². The monoisotopic (exact) mass is 354 g/mol. The lowest BCUT2D eigenvalue weighted by molar-refractivity contribution is -0.137. The van der Waals surface area contributed by atoms with Gasteiger partial charge in [-0.05, 0) is 37.6 Å². The molecule has 1 aromatic carbocycles. The van der Waals surface area contributed by atoms with Gasteiger partial charge in [-0.15, -0.1) is 0 Å². The number of hydrogen-bond donors (Lipinski definition) is 2. The Morgan fingerprint density at radius 2 is 1.92 bits per heavy atom. The highest BCUT2D eigenvalue weighted by Crippen LogP contribution is 2.26. The third-order valence-electron chi connectivity index (χ3n) is 3.86. The quantitative estimate of drug-likeness (QED) is 0.542. The molecular weight excluding hydrogens is 336 g/mol. The van der Waals surface area contributed by atoms with E-state index in [1.54, 1.807) is 38.1 Å². The number of rotatable bonds is 5. The van der Waals surface area contributed by atoms with Crippen LogP contribution in [0.1, 0.15) is 29.8 Å². The second-order valence-electron chi connectivity index (χ2n) is 5.52. The lowest BCUT2D eigenvalue weighted by atomic mass is 10.0. The van der Waals surface area contributed by atoms with Gasteiger partial charge in [0.25, 0.3) is 5.56 Å². The Hall–Kier alpha value is -3.35. The Balaban J connectivity index is 2.17. The van der Waals surface area contributed by atoms with Crippen LogP contribution in [0, 0.1) is 0 Å². The number of hydrogen-bond acceptors (Lipinski definition) is 5. The van der Waals surface area contributed by atoms with Gasteiger partial charge in [0, 0.05) is 28.6 Å². The smallest absolute Gasteiger partial charge is 0.340 e. The molecule has 0 fully saturated rings. The van der Waals surface area contributed by atoms with Crippen molar-refractivity contribution in [2.45, 2.75) is 13.8 Å². The summed E-state index contributed by atoms with van der Waals surface area (Å²) < 4.78 is 9.94. The van der Waals surface area contributed by atoms with E-state index in [4.69, 9.17) is 9.47 Å². The van der Waals surface area contributed by atoms with E-state index >= 15 is 0 Å². The van der Waals surface area contributed by atoms with Crippen LogP contribution in [0.15, 0.2) is 35.3 Å². The average Bonchev–Trinajstić information content (AvgIpc) is 3.07. The van der Waals surface area contributed by atoms with E-state index in [2.05, 4.69) is 9.97 Å². The van der Waals surface area contributed by atoms with Gasteiger partial charge in [0.2, 0.25) is 0 Å². The van der Waals surface area contributed by atoms with E-state index in [-0.39, 0.29) is 12.2 Å². The molecule has 2 heterocycles. The van der Waals surface area contributed by atoms with Crippen molar-refractivity contribution in [1.29, 1.82) is 0 Å². The molecule has 0 atom stereocenters. The average molecular weight is 354 g/mol. The molecule has 2 N–H and O–H groups in total. The molecule has 7 heteroatoms. The Labute approximate surface area is 148 Å². The molecule has 7 nitrogen and oxygen atoms in total. The molecule has 0 saturated carbocycles. The molecule has 2 aromatic heterocycles. The fourth-order valence-electron chi connectivity index (χ4n) is 2.77. The first-order valence-electron chi connectivity index (χ1n) is 8.24. The first kappa shape index (κ1) is 17.5. The molecule has 0 aliphatic carbocycles. The third-order valence-corrected chi connectivity index (χ3v) is 3.86. The number of pyridine rings is 1. The summed E-state index contributed by atoms with van der Waals surface area (Å²) in [6.45, 7) is 3.99. The van der Waals surface area contributed by atoms with Crippen molar-refractivity contribution in [1.82, 2.24) is 9.97 Å². The lowest BCUT2D eigenvalue weighted by Gasteiger charge is -2.05. The summed E-state index contributed by atoms with van der Waals surface area (Å²) in [4.78, 5) is 41.6. The van der Waals surface area contributed by atoms with E-state index in [1.807, 2.05) is 0 Å². The van der Waals surface area contributed by atoms with Crippen LogP contribution in [0.4, 0.5) is 0 Å². The van der Waals surface area contributed by atoms with Crippen molar-refractivity contribution in [3.05, 3.63) is 52.0 Å². The van der Waals surface area contributed by atoms with Crippen LogP contribution in [0.5, 0.6) is 0 Å². The fraction of sp³-hybridized carbons (Fsp3) is 0.211. The number of benzene rings is 1. The molecular formula is C19H18N2O5. The van der Waals surface area contributed by atoms with Crippen LogP contribution in [0.2, 0.25) is 0 Å². The highest BCUT2D eigenvalue weighted by Gasteiger charge is 2.18. The predicted molar refractivity (Wildman–Crippen MR) is 98.0 cm³/mol. The first-order valence-corrected chi connectivity index (χ1v) is 8.24. The van der Waals surface area contributed by atoms with Crippen LogP contribution in [0.3, 0.4) is 0 Å². The van der Waals surface area contributed by atoms with Crippen molar-refractivity contribution in [3.63, 3.8) is 0 Å². The molecule has 0 unspecified atom stereocenters. The Bertz CT molecular complexity index is 1070. The van der Waals surface area contributed by atoms with Crippen molar-refractivity contribution < 1.29 is 19.1 Å². The molecule has 26 heavy (non-hydrogen) atoms. The number of esters is 2. The second-order valence-corrected chi connectivity index (χ2v) is 5.52. The fourth-order valence-corrected chi connectivity index (χ4v) is 2.77. The maximum absolute atomic E-state index is 12.2. The van der Waals surface area contributed by atoms with Crippen LogP contribution >= 0.6 is 0 Å². The minimum atomic E-state index is -0.502. The Morgan fingerprint density at radius 3 is 2.65 bits per heavy atom. The Kier molecular flexibility index (Phi) is 4.88. The largest absolute Gasteiger partial charge is 0.463 e. The summed E-state index contributed by atoms with van der Waals surface area (Å²) in [7, 11) is 0. The maximum Gasteiger partial charge on any atom is 0.340 e. The molecule has 0 aliphatic heterocycles. The maximum atomic E-state index is 12.2. The molecule has 0 amide bonds. The number of nitrogens with one attached hydrogen (secondary N) is 2. The van der Waals surface area contributed by atoms with E-state index in [0.29, 0.717) is 34.0 Å². The standard InChI is InChI=1S/C19H18N2O5/c1-3-25-15(22)8-6-11-5-7-14-12(9-11)16-13(19(24)26-4-2)10-20-17(16)18(23)21-14/h5-10,20H,3-4H2,1-2H3,(H,21,23). The number of fused-ring (bicyclic) bond motifs is 3. The zero-order valence-electron chi connectivity index (χ0n) is 14.4. The van der Waals surface area contributed by atoms with Gasteiger partial charge in [-0.3, -0.25) is 4.79 Å². The summed E-state index contributed by atoms with van der Waals surface area (Å²) in [5.74, 6) is -0.939. The van der Waals surface area contributed by atoms with Gasteiger partial charge in [0.1, 0.15) is 5.52 Å². The van der Waals surface area contributed by atoms with Gasteiger partial charge in [0.05, 0.1) is 18.8 Å². The molecule has 0 spiro atoms. The van der Waals surface area contributed by atoms with Crippen molar-refractivity contribution in [2.75, 3.05) is 13.2 Å². The van der Waals surface area contributed by atoms with Gasteiger partial charge in [-0.2, -0.15) is 0 Å². The summed E-state index contributed by atoms with van der Waals surface area (Å²) in [6.07, 6.45) is 4.42. The Morgan fingerprint density at radius 1 is 1.15 bits per heavy atom. The van der Waals surface area contributed by atoms with Crippen molar-refractivity contribution in [3.8, 4) is 0 Å². The molecule has 3 aromatic rings. The highest BCUT2D eigenvalue weighted by molar-refractivity contribution is 6.15. The summed E-state index contributed by atoms with van der Waals surface area (Å²) in [5, 5.41) is 1.17. The van der Waals surface area contributed by atoms with Gasteiger partial charge in [-0.1, -0.05) is 6.07 Å². The highest BCUT2D eigenvalue weighted by atomic mass is 16.5. The molecule has 0 radical (unpaired) electrons. The minimum Gasteiger partial charge on any atom is -0.463 e. The van der Waals surface area contributed by atoms with Gasteiger partial charge in [-0.25, -0.2) is 9.59 Å². The van der Waals surface area contributed by atoms with Crippen LogP contribution < -0.4 is 5.56 Å². The summed E-state index contributed by atoms with van der Waals surface area (Å²) in [6, 6.07) is 5.28.